The first kappa shape index (κ1) is 13.0. The highest BCUT2D eigenvalue weighted by atomic mass is 16.4. The van der Waals surface area contributed by atoms with Gasteiger partial charge in [-0.3, -0.25) is 4.79 Å². The maximum Gasteiger partial charge on any atom is 0.337 e. The maximum atomic E-state index is 11.8. The van der Waals surface area contributed by atoms with Gasteiger partial charge in [-0.1, -0.05) is 6.07 Å². The molecule has 1 unspecified atom stereocenters. The Kier molecular flexibility index (Phi) is 3.22. The second-order valence-electron chi connectivity index (χ2n) is 4.28. The van der Waals surface area contributed by atoms with E-state index < -0.39 is 18.0 Å². The second-order valence-corrected chi connectivity index (χ2v) is 4.28. The van der Waals surface area contributed by atoms with E-state index in [0.29, 0.717) is 0 Å². The lowest BCUT2D eigenvalue weighted by Crippen LogP contribution is -2.31. The van der Waals surface area contributed by atoms with Gasteiger partial charge in [0.25, 0.3) is 0 Å². The molecule has 0 spiro atoms. The van der Waals surface area contributed by atoms with Gasteiger partial charge in [-0.05, 0) is 12.1 Å². The molecule has 7 nitrogen and oxygen atoms in total. The smallest absolute Gasteiger partial charge is 0.337 e. The summed E-state index contributed by atoms with van der Waals surface area (Å²) in [6.45, 7) is 0.114. The number of rotatable bonds is 3. The first-order valence-corrected chi connectivity index (χ1v) is 5.57. The van der Waals surface area contributed by atoms with Gasteiger partial charge in [0.2, 0.25) is 5.91 Å². The molecule has 7 heteroatoms. The molecule has 1 saturated heterocycles. The van der Waals surface area contributed by atoms with Crippen LogP contribution in [0, 0.1) is 0 Å². The zero-order valence-electron chi connectivity index (χ0n) is 9.87. The maximum absolute atomic E-state index is 11.8. The molecule has 0 radical (unpaired) electrons. The monoisotopic (exact) mass is 264 g/mol. The summed E-state index contributed by atoms with van der Waals surface area (Å²) in [6.07, 6.45) is 0.0764. The fourth-order valence-electron chi connectivity index (χ4n) is 2.13. The van der Waals surface area contributed by atoms with E-state index >= 15 is 0 Å². The van der Waals surface area contributed by atoms with Gasteiger partial charge >= 0.3 is 11.9 Å². The van der Waals surface area contributed by atoms with Crippen molar-refractivity contribution in [3.05, 3.63) is 29.3 Å². The Labute approximate surface area is 108 Å². The quantitative estimate of drug-likeness (QED) is 0.714. The van der Waals surface area contributed by atoms with Crippen LogP contribution in [0.4, 0.5) is 5.69 Å². The van der Waals surface area contributed by atoms with Gasteiger partial charge in [-0.25, -0.2) is 9.59 Å². The molecule has 1 aliphatic heterocycles. The van der Waals surface area contributed by atoms with Crippen LogP contribution in [-0.2, 0) is 4.79 Å². The Balaban J connectivity index is 2.62. The van der Waals surface area contributed by atoms with E-state index in [1.54, 1.807) is 0 Å². The SMILES string of the molecule is NC1CC(=O)N(c2c(C(=O)O)cccc2C(=O)O)C1. The predicted octanol–water partition coefficient (Wildman–Crippen LogP) is 0.147. The van der Waals surface area contributed by atoms with Crippen LogP contribution in [0.3, 0.4) is 0 Å². The zero-order chi connectivity index (χ0) is 14.2. The molecule has 1 aromatic carbocycles. The van der Waals surface area contributed by atoms with Crippen LogP contribution in [-0.4, -0.2) is 40.6 Å². The van der Waals surface area contributed by atoms with Crippen molar-refractivity contribution in [2.24, 2.45) is 5.73 Å². The largest absolute Gasteiger partial charge is 0.478 e. The summed E-state index contributed by atoms with van der Waals surface area (Å²) in [4.78, 5) is 35.3. The van der Waals surface area contributed by atoms with Crippen LogP contribution in [0.15, 0.2) is 18.2 Å². The van der Waals surface area contributed by atoms with Crippen LogP contribution >= 0.6 is 0 Å². The molecule has 1 heterocycles. The number of carboxylic acid groups (broad SMARTS) is 2. The number of carboxylic acids is 2. The number of nitrogens with zero attached hydrogens (tertiary/aromatic N) is 1. The molecule has 19 heavy (non-hydrogen) atoms. The predicted molar refractivity (Wildman–Crippen MR) is 65.3 cm³/mol. The number of amides is 1. The van der Waals surface area contributed by atoms with Crippen molar-refractivity contribution < 1.29 is 24.6 Å². The molecule has 0 aromatic heterocycles. The molecule has 2 rings (SSSR count). The van der Waals surface area contributed by atoms with E-state index in [-0.39, 0.29) is 35.7 Å². The minimum atomic E-state index is -1.29. The Morgan fingerprint density at radius 1 is 1.21 bits per heavy atom. The van der Waals surface area contributed by atoms with Crippen molar-refractivity contribution in [3.8, 4) is 0 Å². The molecule has 1 fully saturated rings. The normalized spacial score (nSPS) is 18.7. The highest BCUT2D eigenvalue weighted by molar-refractivity contribution is 6.09. The van der Waals surface area contributed by atoms with Gasteiger partial charge in [0, 0.05) is 19.0 Å². The number of benzene rings is 1. The van der Waals surface area contributed by atoms with Crippen LogP contribution in [0.25, 0.3) is 0 Å². The Bertz CT molecular complexity index is 537. The van der Waals surface area contributed by atoms with E-state index in [1.807, 2.05) is 0 Å². The standard InChI is InChI=1S/C12H12N2O5/c13-6-4-9(15)14(5-6)10-7(11(16)17)2-1-3-8(10)12(18)19/h1-3,6H,4-5,13H2,(H,16,17)(H,18,19). The molecule has 1 atom stereocenters. The van der Waals surface area contributed by atoms with Gasteiger partial charge in [0.05, 0.1) is 16.8 Å². The van der Waals surface area contributed by atoms with Crippen LogP contribution in [0.2, 0.25) is 0 Å². The number of aromatic carboxylic acids is 2. The van der Waals surface area contributed by atoms with Gasteiger partial charge in [0.15, 0.2) is 0 Å². The summed E-state index contributed by atoms with van der Waals surface area (Å²) >= 11 is 0. The van der Waals surface area contributed by atoms with Crippen molar-refractivity contribution in [2.75, 3.05) is 11.4 Å². The topological polar surface area (TPSA) is 121 Å². The number of anilines is 1. The van der Waals surface area contributed by atoms with E-state index in [1.165, 1.54) is 18.2 Å². The lowest BCUT2D eigenvalue weighted by Gasteiger charge is -2.20. The third-order valence-electron chi connectivity index (χ3n) is 2.92. The minimum absolute atomic E-state index is 0.0764. The first-order chi connectivity index (χ1) is 8.91. The van der Waals surface area contributed by atoms with Crippen molar-refractivity contribution in [1.82, 2.24) is 0 Å². The summed E-state index contributed by atoms with van der Waals surface area (Å²) in [7, 11) is 0. The van der Waals surface area contributed by atoms with E-state index in [9.17, 15) is 14.4 Å². The number of hydrogen-bond acceptors (Lipinski definition) is 4. The number of carbonyl (C=O) groups is 3. The molecule has 0 aliphatic carbocycles. The third-order valence-corrected chi connectivity index (χ3v) is 2.92. The van der Waals surface area contributed by atoms with Gasteiger partial charge < -0.3 is 20.8 Å². The number of nitrogens with two attached hydrogens (primary N) is 1. The summed E-state index contributed by atoms with van der Waals surface area (Å²) in [5.41, 5.74) is 5.11. The summed E-state index contributed by atoms with van der Waals surface area (Å²) in [5.74, 6) is -2.94. The molecule has 100 valence electrons. The van der Waals surface area contributed by atoms with Gasteiger partial charge in [0.1, 0.15) is 0 Å². The molecular weight excluding hydrogens is 252 g/mol. The summed E-state index contributed by atoms with van der Waals surface area (Å²) < 4.78 is 0. The first-order valence-electron chi connectivity index (χ1n) is 5.57. The Morgan fingerprint density at radius 3 is 2.11 bits per heavy atom. The van der Waals surface area contributed by atoms with Crippen LogP contribution in [0.5, 0.6) is 0 Å². The lowest BCUT2D eigenvalue weighted by molar-refractivity contribution is -0.117. The minimum Gasteiger partial charge on any atom is -0.478 e. The fourth-order valence-corrected chi connectivity index (χ4v) is 2.13. The van der Waals surface area contributed by atoms with Crippen LogP contribution in [0.1, 0.15) is 27.1 Å². The molecule has 1 aliphatic rings. The summed E-state index contributed by atoms with van der Waals surface area (Å²) in [6, 6.07) is 3.44. The van der Waals surface area contributed by atoms with E-state index in [4.69, 9.17) is 15.9 Å². The van der Waals surface area contributed by atoms with Crippen molar-refractivity contribution in [1.29, 1.82) is 0 Å². The van der Waals surface area contributed by atoms with Gasteiger partial charge in [-0.2, -0.15) is 0 Å². The van der Waals surface area contributed by atoms with E-state index in [0.717, 1.165) is 4.90 Å². The highest BCUT2D eigenvalue weighted by Gasteiger charge is 2.33. The highest BCUT2D eigenvalue weighted by Crippen LogP contribution is 2.29. The van der Waals surface area contributed by atoms with Gasteiger partial charge in [-0.15, -0.1) is 0 Å². The molecule has 0 bridgehead atoms. The zero-order valence-corrected chi connectivity index (χ0v) is 9.87. The van der Waals surface area contributed by atoms with Crippen molar-refractivity contribution >= 4 is 23.5 Å². The lowest BCUT2D eigenvalue weighted by atomic mass is 10.1. The Morgan fingerprint density at radius 2 is 1.74 bits per heavy atom. The fraction of sp³-hybridized carbons (Fsp3) is 0.250. The van der Waals surface area contributed by atoms with Crippen molar-refractivity contribution in [3.63, 3.8) is 0 Å². The third kappa shape index (κ3) is 2.27. The average molecular weight is 264 g/mol. The molecular formula is C12H12N2O5. The molecule has 0 saturated carbocycles. The molecule has 4 N–H and O–H groups in total. The number of para-hydroxylation sites is 1. The Hall–Kier alpha value is -2.41. The van der Waals surface area contributed by atoms with E-state index in [2.05, 4.69) is 0 Å². The molecule has 1 aromatic rings. The summed E-state index contributed by atoms with van der Waals surface area (Å²) in [5, 5.41) is 18.2. The van der Waals surface area contributed by atoms with Crippen molar-refractivity contribution in [2.45, 2.75) is 12.5 Å². The molecule has 1 amide bonds. The van der Waals surface area contributed by atoms with Crippen LogP contribution < -0.4 is 10.6 Å². The number of hydrogen-bond donors (Lipinski definition) is 3. The average Bonchev–Trinajstić information content (AvgIpc) is 2.67. The number of carbonyl (C=O) groups excluding carboxylic acids is 1. The second kappa shape index (κ2) is 4.69.